The van der Waals surface area contributed by atoms with Crippen molar-refractivity contribution in [1.82, 2.24) is 5.32 Å². The van der Waals surface area contributed by atoms with Gasteiger partial charge in [0.05, 0.1) is 0 Å². The van der Waals surface area contributed by atoms with E-state index in [1.165, 1.54) is 11.1 Å². The van der Waals surface area contributed by atoms with Gasteiger partial charge in [0.1, 0.15) is 0 Å². The summed E-state index contributed by atoms with van der Waals surface area (Å²) in [7, 11) is 1.79. The minimum atomic E-state index is 0.929. The molecule has 1 heterocycles. The van der Waals surface area contributed by atoms with E-state index in [4.69, 9.17) is 0 Å². The van der Waals surface area contributed by atoms with E-state index in [1.807, 2.05) is 12.3 Å². The lowest BCUT2D eigenvalue weighted by atomic mass is 10.0. The quantitative estimate of drug-likeness (QED) is 0.587. The van der Waals surface area contributed by atoms with Crippen molar-refractivity contribution in [2.75, 3.05) is 20.1 Å². The molecule has 0 aromatic carbocycles. The van der Waals surface area contributed by atoms with E-state index in [1.54, 1.807) is 7.05 Å². The van der Waals surface area contributed by atoms with Gasteiger partial charge >= 0.3 is 0 Å². The number of rotatable bonds is 2. The molecule has 2 nitrogen and oxygen atoms in total. The zero-order chi connectivity index (χ0) is 8.10. The highest BCUT2D eigenvalue weighted by Crippen LogP contribution is 2.11. The predicted octanol–water partition coefficient (Wildman–Crippen LogP) is 1.16. The van der Waals surface area contributed by atoms with Crippen molar-refractivity contribution in [1.29, 1.82) is 0 Å². The Balaban J connectivity index is 2.81. The summed E-state index contributed by atoms with van der Waals surface area (Å²) in [4.78, 5) is 3.99. The van der Waals surface area contributed by atoms with Crippen LogP contribution in [0.3, 0.4) is 0 Å². The SMILES string of the molecule is C=CC1=C(/C=N\C)CNCC1. The largest absolute Gasteiger partial charge is 0.312 e. The molecule has 2 heteroatoms. The minimum absolute atomic E-state index is 0.929. The topological polar surface area (TPSA) is 24.4 Å². The third kappa shape index (κ3) is 2.02. The van der Waals surface area contributed by atoms with E-state index in [0.29, 0.717) is 0 Å². The zero-order valence-corrected chi connectivity index (χ0v) is 6.93. The van der Waals surface area contributed by atoms with Gasteiger partial charge in [-0.3, -0.25) is 4.99 Å². The van der Waals surface area contributed by atoms with Crippen LogP contribution in [0.15, 0.2) is 28.8 Å². The Hall–Kier alpha value is -0.890. The molecule has 0 bridgehead atoms. The van der Waals surface area contributed by atoms with Crippen LogP contribution in [-0.4, -0.2) is 26.4 Å². The van der Waals surface area contributed by atoms with Gasteiger partial charge in [-0.2, -0.15) is 0 Å². The second kappa shape index (κ2) is 4.09. The second-order valence-electron chi connectivity index (χ2n) is 2.57. The maximum absolute atomic E-state index is 3.99. The summed E-state index contributed by atoms with van der Waals surface area (Å²) in [5, 5.41) is 3.29. The lowest BCUT2D eigenvalue weighted by Crippen LogP contribution is -2.25. The highest BCUT2D eigenvalue weighted by Gasteiger charge is 2.06. The summed E-state index contributed by atoms with van der Waals surface area (Å²) >= 11 is 0. The first-order chi connectivity index (χ1) is 5.38. The first kappa shape index (κ1) is 8.21. The van der Waals surface area contributed by atoms with Gasteiger partial charge in [-0.1, -0.05) is 12.7 Å². The Morgan fingerprint density at radius 1 is 1.55 bits per heavy atom. The number of nitrogens with zero attached hydrogens (tertiary/aromatic N) is 1. The Kier molecular flexibility index (Phi) is 3.05. The lowest BCUT2D eigenvalue weighted by molar-refractivity contribution is 0.702. The van der Waals surface area contributed by atoms with Crippen molar-refractivity contribution in [2.24, 2.45) is 4.99 Å². The summed E-state index contributed by atoms with van der Waals surface area (Å²) in [6.07, 6.45) is 4.91. The molecule has 0 atom stereocenters. The van der Waals surface area contributed by atoms with Gasteiger partial charge in [0.15, 0.2) is 0 Å². The van der Waals surface area contributed by atoms with Crippen molar-refractivity contribution >= 4 is 6.21 Å². The average Bonchev–Trinajstić information content (AvgIpc) is 2.06. The molecule has 0 saturated carbocycles. The molecule has 0 unspecified atom stereocenters. The van der Waals surface area contributed by atoms with E-state index >= 15 is 0 Å². The summed E-state index contributed by atoms with van der Waals surface area (Å²) in [6, 6.07) is 0. The molecular formula is C9H14N2. The zero-order valence-electron chi connectivity index (χ0n) is 6.93. The van der Waals surface area contributed by atoms with Crippen LogP contribution in [0, 0.1) is 0 Å². The highest BCUT2D eigenvalue weighted by molar-refractivity contribution is 5.81. The van der Waals surface area contributed by atoms with Crippen LogP contribution in [0.5, 0.6) is 0 Å². The molecule has 0 saturated heterocycles. The molecule has 1 aliphatic rings. The first-order valence-corrected chi connectivity index (χ1v) is 3.86. The van der Waals surface area contributed by atoms with Crippen LogP contribution in [0.2, 0.25) is 0 Å². The third-order valence-electron chi connectivity index (χ3n) is 1.83. The predicted molar refractivity (Wildman–Crippen MR) is 49.1 cm³/mol. The summed E-state index contributed by atoms with van der Waals surface area (Å²) in [5.74, 6) is 0. The number of aliphatic imine (C=N–C) groups is 1. The highest BCUT2D eigenvalue weighted by atomic mass is 14.9. The molecule has 0 radical (unpaired) electrons. The Labute approximate surface area is 67.7 Å². The van der Waals surface area contributed by atoms with E-state index in [0.717, 1.165) is 19.5 Å². The maximum Gasteiger partial charge on any atom is 0.0277 e. The van der Waals surface area contributed by atoms with Crippen molar-refractivity contribution in [2.45, 2.75) is 6.42 Å². The smallest absolute Gasteiger partial charge is 0.0277 e. The fourth-order valence-corrected chi connectivity index (χ4v) is 1.24. The van der Waals surface area contributed by atoms with Crippen molar-refractivity contribution < 1.29 is 0 Å². The molecule has 0 fully saturated rings. The fourth-order valence-electron chi connectivity index (χ4n) is 1.24. The van der Waals surface area contributed by atoms with Crippen molar-refractivity contribution in [3.05, 3.63) is 23.8 Å². The Bertz CT molecular complexity index is 202. The van der Waals surface area contributed by atoms with Gasteiger partial charge < -0.3 is 5.32 Å². The van der Waals surface area contributed by atoms with E-state index < -0.39 is 0 Å². The first-order valence-electron chi connectivity index (χ1n) is 3.86. The van der Waals surface area contributed by atoms with Gasteiger partial charge in [-0.15, -0.1) is 0 Å². The fraction of sp³-hybridized carbons (Fsp3) is 0.444. The minimum Gasteiger partial charge on any atom is -0.312 e. The standard InChI is InChI=1S/C9H14N2/c1-3-8-4-5-11-7-9(8)6-10-2/h3,6,11H,1,4-5,7H2,2H3/b10-6-. The molecule has 0 aromatic rings. The molecule has 1 N–H and O–H groups in total. The van der Waals surface area contributed by atoms with Crippen LogP contribution in [0.4, 0.5) is 0 Å². The summed E-state index contributed by atoms with van der Waals surface area (Å²) in [6.45, 7) is 5.76. The van der Waals surface area contributed by atoms with Gasteiger partial charge in [-0.05, 0) is 24.1 Å². The second-order valence-corrected chi connectivity index (χ2v) is 2.57. The van der Waals surface area contributed by atoms with Gasteiger partial charge in [0, 0.05) is 19.8 Å². The van der Waals surface area contributed by atoms with Crippen LogP contribution < -0.4 is 5.32 Å². The number of allylic oxidation sites excluding steroid dienone is 1. The van der Waals surface area contributed by atoms with Crippen molar-refractivity contribution in [3.8, 4) is 0 Å². The summed E-state index contributed by atoms with van der Waals surface area (Å²) in [5.41, 5.74) is 2.60. The normalized spacial score (nSPS) is 19.4. The number of nitrogens with one attached hydrogen (secondary N) is 1. The van der Waals surface area contributed by atoms with Gasteiger partial charge in [0.2, 0.25) is 0 Å². The molecular weight excluding hydrogens is 136 g/mol. The average molecular weight is 150 g/mol. The van der Waals surface area contributed by atoms with Gasteiger partial charge in [0.25, 0.3) is 0 Å². The number of hydrogen-bond donors (Lipinski definition) is 1. The number of hydrogen-bond acceptors (Lipinski definition) is 2. The van der Waals surface area contributed by atoms with Crippen LogP contribution in [0.1, 0.15) is 6.42 Å². The Morgan fingerprint density at radius 2 is 2.36 bits per heavy atom. The third-order valence-corrected chi connectivity index (χ3v) is 1.83. The monoisotopic (exact) mass is 150 g/mol. The van der Waals surface area contributed by atoms with Crippen LogP contribution in [0.25, 0.3) is 0 Å². The molecule has 0 spiro atoms. The maximum atomic E-state index is 3.99. The van der Waals surface area contributed by atoms with E-state index in [-0.39, 0.29) is 0 Å². The molecule has 0 amide bonds. The van der Waals surface area contributed by atoms with Crippen LogP contribution in [-0.2, 0) is 0 Å². The molecule has 0 aliphatic carbocycles. The van der Waals surface area contributed by atoms with E-state index in [2.05, 4.69) is 16.9 Å². The molecule has 11 heavy (non-hydrogen) atoms. The Morgan fingerprint density at radius 3 is 3.00 bits per heavy atom. The molecule has 0 aromatic heterocycles. The summed E-state index contributed by atoms with van der Waals surface area (Å²) < 4.78 is 0. The molecule has 1 rings (SSSR count). The van der Waals surface area contributed by atoms with Gasteiger partial charge in [-0.25, -0.2) is 0 Å². The van der Waals surface area contributed by atoms with E-state index in [9.17, 15) is 0 Å². The van der Waals surface area contributed by atoms with Crippen LogP contribution >= 0.6 is 0 Å². The molecule has 60 valence electrons. The lowest BCUT2D eigenvalue weighted by Gasteiger charge is -2.15. The van der Waals surface area contributed by atoms with Crippen molar-refractivity contribution in [3.63, 3.8) is 0 Å². The molecule has 1 aliphatic heterocycles.